The molecule has 1 aliphatic heterocycles. The van der Waals surface area contributed by atoms with Gasteiger partial charge in [0, 0.05) is 18.0 Å². The molecule has 0 saturated carbocycles. The molecule has 1 aliphatic carbocycles. The van der Waals surface area contributed by atoms with E-state index in [9.17, 15) is 0 Å². The molecule has 2 N–H and O–H groups in total. The summed E-state index contributed by atoms with van der Waals surface area (Å²) in [4.78, 5) is 14.4. The summed E-state index contributed by atoms with van der Waals surface area (Å²) in [6.07, 6.45) is 6.66. The molecule has 2 aromatic heterocycles. The van der Waals surface area contributed by atoms with Crippen molar-refractivity contribution >= 4 is 27.4 Å². The number of aryl methyl sites for hydroxylation is 2. The maximum Gasteiger partial charge on any atom is 0.146 e. The number of fused-ring (bicyclic) bond motifs is 3. The highest BCUT2D eigenvalue weighted by Gasteiger charge is 2.24. The van der Waals surface area contributed by atoms with E-state index >= 15 is 0 Å². The number of nitrogen functional groups attached to an aromatic ring is 1. The van der Waals surface area contributed by atoms with E-state index in [1.165, 1.54) is 36.1 Å². The number of anilines is 1. The predicted molar refractivity (Wildman–Crippen MR) is 98.4 cm³/mol. The largest absolute Gasteiger partial charge is 0.383 e. The fourth-order valence-electron chi connectivity index (χ4n) is 4.09. The summed E-state index contributed by atoms with van der Waals surface area (Å²) in [6, 6.07) is 0. The van der Waals surface area contributed by atoms with E-state index in [-0.39, 0.29) is 12.2 Å². The Morgan fingerprint density at radius 1 is 1.12 bits per heavy atom. The normalized spacial score (nSPS) is 25.6. The molecule has 2 aliphatic rings. The van der Waals surface area contributed by atoms with Crippen LogP contribution in [0.2, 0.25) is 0 Å². The summed E-state index contributed by atoms with van der Waals surface area (Å²) in [5, 5.41) is 1.13. The van der Waals surface area contributed by atoms with Gasteiger partial charge in [-0.05, 0) is 45.1 Å². The molecule has 1 fully saturated rings. The Hall–Kier alpha value is -1.24. The van der Waals surface area contributed by atoms with Crippen LogP contribution in [-0.2, 0) is 24.1 Å². The van der Waals surface area contributed by atoms with Crippen LogP contribution >= 0.6 is 11.3 Å². The third-order valence-corrected chi connectivity index (χ3v) is 6.18. The molecule has 0 amide bonds. The fraction of sp³-hybridized carbons (Fsp3) is 0.667. The van der Waals surface area contributed by atoms with Gasteiger partial charge in [-0.15, -0.1) is 11.3 Å². The topological polar surface area (TPSA) is 64.3 Å². The SMILES string of the molecule is C[C@@H]1CN(Cc2nc(N)c3c4c(sc3n2)CCCCC4)C[C@@H](C)O1. The van der Waals surface area contributed by atoms with Crippen LogP contribution in [0.25, 0.3) is 10.2 Å². The summed E-state index contributed by atoms with van der Waals surface area (Å²) in [5.74, 6) is 1.52. The van der Waals surface area contributed by atoms with Crippen LogP contribution < -0.4 is 5.73 Å². The van der Waals surface area contributed by atoms with Crippen molar-refractivity contribution in [2.24, 2.45) is 0 Å². The Balaban J connectivity index is 1.63. The molecule has 130 valence electrons. The van der Waals surface area contributed by atoms with Crippen molar-refractivity contribution in [1.82, 2.24) is 14.9 Å². The second-order valence-corrected chi connectivity index (χ2v) is 8.30. The van der Waals surface area contributed by atoms with Gasteiger partial charge in [0.05, 0.1) is 24.1 Å². The molecule has 6 heteroatoms. The van der Waals surface area contributed by atoms with E-state index in [0.29, 0.717) is 5.82 Å². The van der Waals surface area contributed by atoms with Crippen molar-refractivity contribution in [3.8, 4) is 0 Å². The molecular weight excluding hydrogens is 320 g/mol. The number of rotatable bonds is 2. The van der Waals surface area contributed by atoms with Gasteiger partial charge in [-0.2, -0.15) is 0 Å². The van der Waals surface area contributed by atoms with Gasteiger partial charge in [0.15, 0.2) is 0 Å². The standard InChI is InChI=1S/C18H26N4OS/c1-11-8-22(9-12(2)23-11)10-15-20-17(19)16-13-6-4-3-5-7-14(13)24-18(16)21-15/h11-12H,3-10H2,1-2H3,(H2,19,20,21)/t11-,12-/m1/s1. The molecular formula is C18H26N4OS. The van der Waals surface area contributed by atoms with Crippen LogP contribution in [-0.4, -0.2) is 40.2 Å². The van der Waals surface area contributed by atoms with E-state index < -0.39 is 0 Å². The van der Waals surface area contributed by atoms with Crippen LogP contribution in [0.5, 0.6) is 0 Å². The average Bonchev–Trinajstić information content (AvgIpc) is 2.69. The highest BCUT2D eigenvalue weighted by Crippen LogP contribution is 2.37. The number of thiophene rings is 1. The van der Waals surface area contributed by atoms with Gasteiger partial charge in [0.2, 0.25) is 0 Å². The molecule has 0 bridgehead atoms. The Labute approximate surface area is 147 Å². The monoisotopic (exact) mass is 346 g/mol. The average molecular weight is 347 g/mol. The van der Waals surface area contributed by atoms with Crippen LogP contribution in [0.1, 0.15) is 49.4 Å². The predicted octanol–water partition coefficient (Wildman–Crippen LogP) is 3.15. The number of morpholine rings is 1. The number of nitrogens with two attached hydrogens (primary N) is 1. The van der Waals surface area contributed by atoms with E-state index in [1.54, 1.807) is 0 Å². The first-order valence-electron chi connectivity index (χ1n) is 9.04. The molecule has 2 aromatic rings. The lowest BCUT2D eigenvalue weighted by atomic mass is 10.1. The zero-order chi connectivity index (χ0) is 16.7. The molecule has 0 aromatic carbocycles. The van der Waals surface area contributed by atoms with Gasteiger partial charge in [0.1, 0.15) is 16.5 Å². The van der Waals surface area contributed by atoms with Crippen LogP contribution in [0.4, 0.5) is 5.82 Å². The lowest BCUT2D eigenvalue weighted by Gasteiger charge is -2.34. The Morgan fingerprint density at radius 3 is 2.67 bits per heavy atom. The molecule has 4 rings (SSSR count). The van der Waals surface area contributed by atoms with Crippen LogP contribution in [0.3, 0.4) is 0 Å². The quantitative estimate of drug-likeness (QED) is 0.846. The minimum Gasteiger partial charge on any atom is -0.383 e. The molecule has 2 atom stereocenters. The highest BCUT2D eigenvalue weighted by atomic mass is 32.1. The van der Waals surface area contributed by atoms with Gasteiger partial charge >= 0.3 is 0 Å². The van der Waals surface area contributed by atoms with Crippen molar-refractivity contribution in [2.75, 3.05) is 18.8 Å². The first-order chi connectivity index (χ1) is 11.6. The first-order valence-corrected chi connectivity index (χ1v) is 9.86. The van der Waals surface area contributed by atoms with Gasteiger partial charge in [-0.1, -0.05) is 6.42 Å². The fourth-order valence-corrected chi connectivity index (χ4v) is 5.38. The molecule has 0 spiro atoms. The molecule has 1 saturated heterocycles. The molecule has 0 radical (unpaired) electrons. The number of hydrogen-bond donors (Lipinski definition) is 1. The van der Waals surface area contributed by atoms with Gasteiger partial charge in [-0.3, -0.25) is 4.90 Å². The summed E-state index contributed by atoms with van der Waals surface area (Å²) < 4.78 is 5.81. The lowest BCUT2D eigenvalue weighted by Crippen LogP contribution is -2.45. The number of nitrogens with zero attached hydrogens (tertiary/aromatic N) is 3. The maximum absolute atomic E-state index is 6.35. The summed E-state index contributed by atoms with van der Waals surface area (Å²) in [5.41, 5.74) is 7.77. The van der Waals surface area contributed by atoms with Crippen molar-refractivity contribution < 1.29 is 4.74 Å². The highest BCUT2D eigenvalue weighted by molar-refractivity contribution is 7.19. The van der Waals surface area contributed by atoms with E-state index in [4.69, 9.17) is 15.5 Å². The minimum atomic E-state index is 0.257. The van der Waals surface area contributed by atoms with Crippen LogP contribution in [0.15, 0.2) is 0 Å². The number of hydrogen-bond acceptors (Lipinski definition) is 6. The smallest absolute Gasteiger partial charge is 0.146 e. The van der Waals surface area contributed by atoms with Gasteiger partial charge in [0.25, 0.3) is 0 Å². The third-order valence-electron chi connectivity index (χ3n) is 5.00. The van der Waals surface area contributed by atoms with Crippen LogP contribution in [0, 0.1) is 0 Å². The van der Waals surface area contributed by atoms with E-state index in [0.717, 1.165) is 42.1 Å². The minimum absolute atomic E-state index is 0.257. The first kappa shape index (κ1) is 16.2. The summed E-state index contributed by atoms with van der Waals surface area (Å²) in [6.45, 7) is 6.84. The zero-order valence-electron chi connectivity index (χ0n) is 14.5. The lowest BCUT2D eigenvalue weighted by molar-refractivity contribution is -0.0710. The van der Waals surface area contributed by atoms with Crippen molar-refractivity contribution in [1.29, 1.82) is 0 Å². The molecule has 0 unspecified atom stereocenters. The third kappa shape index (κ3) is 3.15. The van der Waals surface area contributed by atoms with Gasteiger partial charge in [-0.25, -0.2) is 9.97 Å². The van der Waals surface area contributed by atoms with Crippen molar-refractivity contribution in [3.05, 3.63) is 16.3 Å². The molecule has 24 heavy (non-hydrogen) atoms. The summed E-state index contributed by atoms with van der Waals surface area (Å²) >= 11 is 1.83. The second kappa shape index (κ2) is 6.58. The Bertz CT molecular complexity index is 734. The van der Waals surface area contributed by atoms with Gasteiger partial charge < -0.3 is 10.5 Å². The number of ether oxygens (including phenoxy) is 1. The van der Waals surface area contributed by atoms with E-state index in [2.05, 4.69) is 23.7 Å². The second-order valence-electron chi connectivity index (χ2n) is 7.22. The number of aromatic nitrogens is 2. The zero-order valence-corrected chi connectivity index (χ0v) is 15.4. The Kier molecular flexibility index (Phi) is 4.45. The van der Waals surface area contributed by atoms with Crippen molar-refractivity contribution in [2.45, 2.75) is 64.7 Å². The van der Waals surface area contributed by atoms with Crippen molar-refractivity contribution in [3.63, 3.8) is 0 Å². The molecule has 3 heterocycles. The molecule has 5 nitrogen and oxygen atoms in total. The Morgan fingerprint density at radius 2 is 1.88 bits per heavy atom. The maximum atomic E-state index is 6.35. The summed E-state index contributed by atoms with van der Waals surface area (Å²) in [7, 11) is 0. The van der Waals surface area contributed by atoms with E-state index in [1.807, 2.05) is 11.3 Å².